The Bertz CT molecular complexity index is 295. The van der Waals surface area contributed by atoms with Crippen molar-refractivity contribution in [2.75, 3.05) is 6.61 Å². The Kier molecular flexibility index (Phi) is 3.44. The van der Waals surface area contributed by atoms with Crippen LogP contribution in [0.5, 0.6) is 0 Å². The summed E-state index contributed by atoms with van der Waals surface area (Å²) in [5.41, 5.74) is 0.0470. The fourth-order valence-corrected chi connectivity index (χ4v) is 2.72. The highest BCUT2D eigenvalue weighted by atomic mass is 32.1. The maximum atomic E-state index is 5.70. The summed E-state index contributed by atoms with van der Waals surface area (Å²) >= 11 is 1.82. The molecule has 2 heterocycles. The molecule has 0 spiro atoms. The van der Waals surface area contributed by atoms with Gasteiger partial charge in [0.05, 0.1) is 5.60 Å². The molecule has 1 aliphatic heterocycles. The molecule has 3 heteroatoms. The second kappa shape index (κ2) is 4.64. The lowest BCUT2D eigenvalue weighted by molar-refractivity contribution is -0.0630. The number of ether oxygens (including phenoxy) is 1. The lowest BCUT2D eigenvalue weighted by Gasteiger charge is -2.35. The van der Waals surface area contributed by atoms with E-state index in [0.717, 1.165) is 26.0 Å². The van der Waals surface area contributed by atoms with Gasteiger partial charge in [-0.05, 0) is 38.1 Å². The van der Waals surface area contributed by atoms with E-state index in [1.54, 1.807) is 0 Å². The SMILES string of the molecule is CC1(C)C[C@H](NCc2cccs2)CCO1. The lowest BCUT2D eigenvalue weighted by atomic mass is 9.94. The number of nitrogens with one attached hydrogen (secondary N) is 1. The predicted molar refractivity (Wildman–Crippen MR) is 64.2 cm³/mol. The number of hydrogen-bond donors (Lipinski definition) is 1. The molecule has 0 amide bonds. The van der Waals surface area contributed by atoms with Gasteiger partial charge in [0.2, 0.25) is 0 Å². The van der Waals surface area contributed by atoms with Crippen LogP contribution in [0, 0.1) is 0 Å². The molecule has 2 nitrogen and oxygen atoms in total. The summed E-state index contributed by atoms with van der Waals surface area (Å²) in [6.45, 7) is 6.23. The summed E-state index contributed by atoms with van der Waals surface area (Å²) in [5.74, 6) is 0. The first kappa shape index (κ1) is 11.1. The molecule has 0 radical (unpaired) electrons. The fraction of sp³-hybridized carbons (Fsp3) is 0.667. The highest BCUT2D eigenvalue weighted by Crippen LogP contribution is 2.24. The molecule has 84 valence electrons. The molecule has 1 N–H and O–H groups in total. The highest BCUT2D eigenvalue weighted by molar-refractivity contribution is 7.09. The van der Waals surface area contributed by atoms with E-state index in [1.165, 1.54) is 4.88 Å². The third-order valence-corrected chi connectivity index (χ3v) is 3.72. The van der Waals surface area contributed by atoms with Crippen molar-refractivity contribution >= 4 is 11.3 Å². The van der Waals surface area contributed by atoms with Crippen molar-refractivity contribution in [2.45, 2.75) is 44.9 Å². The van der Waals surface area contributed by atoms with Crippen LogP contribution in [0.15, 0.2) is 17.5 Å². The van der Waals surface area contributed by atoms with Crippen LogP contribution in [-0.4, -0.2) is 18.2 Å². The second-order valence-corrected chi connectivity index (χ2v) is 5.79. The number of hydrogen-bond acceptors (Lipinski definition) is 3. The van der Waals surface area contributed by atoms with E-state index < -0.39 is 0 Å². The summed E-state index contributed by atoms with van der Waals surface area (Å²) in [5, 5.41) is 5.74. The zero-order chi connectivity index (χ0) is 10.7. The molecule has 1 aliphatic rings. The minimum Gasteiger partial charge on any atom is -0.375 e. The maximum absolute atomic E-state index is 5.70. The van der Waals surface area contributed by atoms with Crippen LogP contribution in [0.25, 0.3) is 0 Å². The van der Waals surface area contributed by atoms with Gasteiger partial charge < -0.3 is 10.1 Å². The van der Waals surface area contributed by atoms with Gasteiger partial charge in [-0.3, -0.25) is 0 Å². The molecule has 15 heavy (non-hydrogen) atoms. The monoisotopic (exact) mass is 225 g/mol. The fourth-order valence-electron chi connectivity index (χ4n) is 2.06. The molecule has 1 fully saturated rings. The Hall–Kier alpha value is -0.380. The Labute approximate surface area is 95.6 Å². The van der Waals surface area contributed by atoms with E-state index in [9.17, 15) is 0 Å². The third-order valence-electron chi connectivity index (χ3n) is 2.84. The normalized spacial score (nSPS) is 25.3. The first-order valence-electron chi connectivity index (χ1n) is 5.55. The van der Waals surface area contributed by atoms with Crippen LogP contribution in [0.4, 0.5) is 0 Å². The van der Waals surface area contributed by atoms with Crippen molar-refractivity contribution in [3.05, 3.63) is 22.4 Å². The Balaban J connectivity index is 1.80. The molecule has 0 saturated carbocycles. The van der Waals surface area contributed by atoms with Gasteiger partial charge in [0.15, 0.2) is 0 Å². The minimum atomic E-state index is 0.0470. The molecular weight excluding hydrogens is 206 g/mol. The summed E-state index contributed by atoms with van der Waals surface area (Å²) < 4.78 is 5.70. The summed E-state index contributed by atoms with van der Waals surface area (Å²) in [4.78, 5) is 1.42. The van der Waals surface area contributed by atoms with Gasteiger partial charge >= 0.3 is 0 Å². The average molecular weight is 225 g/mol. The van der Waals surface area contributed by atoms with Crippen LogP contribution < -0.4 is 5.32 Å². The van der Waals surface area contributed by atoms with Crippen molar-refractivity contribution in [2.24, 2.45) is 0 Å². The van der Waals surface area contributed by atoms with Gasteiger partial charge in [0, 0.05) is 24.1 Å². The van der Waals surface area contributed by atoms with E-state index in [-0.39, 0.29) is 5.60 Å². The van der Waals surface area contributed by atoms with Crippen molar-refractivity contribution in [3.63, 3.8) is 0 Å². The Morgan fingerprint density at radius 2 is 2.47 bits per heavy atom. The van der Waals surface area contributed by atoms with Gasteiger partial charge in [-0.1, -0.05) is 6.07 Å². The number of rotatable bonds is 3. The van der Waals surface area contributed by atoms with Crippen molar-refractivity contribution < 1.29 is 4.74 Å². The van der Waals surface area contributed by atoms with Gasteiger partial charge in [-0.15, -0.1) is 11.3 Å². The van der Waals surface area contributed by atoms with E-state index in [0.29, 0.717) is 6.04 Å². The Morgan fingerprint density at radius 3 is 3.13 bits per heavy atom. The quantitative estimate of drug-likeness (QED) is 0.854. The van der Waals surface area contributed by atoms with Crippen LogP contribution in [0.1, 0.15) is 31.6 Å². The van der Waals surface area contributed by atoms with Crippen LogP contribution in [0.3, 0.4) is 0 Å². The van der Waals surface area contributed by atoms with E-state index >= 15 is 0 Å². The molecule has 0 unspecified atom stereocenters. The first-order chi connectivity index (χ1) is 7.16. The van der Waals surface area contributed by atoms with Crippen molar-refractivity contribution in [3.8, 4) is 0 Å². The van der Waals surface area contributed by atoms with E-state index in [1.807, 2.05) is 11.3 Å². The predicted octanol–water partition coefficient (Wildman–Crippen LogP) is 2.80. The maximum Gasteiger partial charge on any atom is 0.0641 e. The van der Waals surface area contributed by atoms with Crippen molar-refractivity contribution in [1.29, 1.82) is 0 Å². The zero-order valence-corrected chi connectivity index (χ0v) is 10.3. The largest absolute Gasteiger partial charge is 0.375 e. The summed E-state index contributed by atoms with van der Waals surface area (Å²) in [7, 11) is 0. The standard InChI is InChI=1S/C12H19NOS/c1-12(2)8-10(5-6-14-12)13-9-11-4-3-7-15-11/h3-4,7,10,13H,5-6,8-9H2,1-2H3/t10-/m1/s1. The smallest absolute Gasteiger partial charge is 0.0641 e. The molecule has 2 rings (SSSR count). The first-order valence-corrected chi connectivity index (χ1v) is 6.43. The molecule has 0 aromatic carbocycles. The Morgan fingerprint density at radius 1 is 1.60 bits per heavy atom. The minimum absolute atomic E-state index is 0.0470. The molecular formula is C12H19NOS. The van der Waals surface area contributed by atoms with Gasteiger partial charge in [0.25, 0.3) is 0 Å². The molecule has 1 saturated heterocycles. The van der Waals surface area contributed by atoms with Crippen LogP contribution in [0.2, 0.25) is 0 Å². The molecule has 0 aliphatic carbocycles. The van der Waals surface area contributed by atoms with Gasteiger partial charge in [-0.2, -0.15) is 0 Å². The molecule has 1 aromatic rings. The third kappa shape index (κ3) is 3.30. The number of thiophene rings is 1. The molecule has 1 atom stereocenters. The van der Waals surface area contributed by atoms with Crippen molar-refractivity contribution in [1.82, 2.24) is 5.32 Å². The van der Waals surface area contributed by atoms with Gasteiger partial charge in [0.1, 0.15) is 0 Å². The van der Waals surface area contributed by atoms with E-state index in [2.05, 4.69) is 36.7 Å². The highest BCUT2D eigenvalue weighted by Gasteiger charge is 2.28. The molecule has 1 aromatic heterocycles. The lowest BCUT2D eigenvalue weighted by Crippen LogP contribution is -2.43. The van der Waals surface area contributed by atoms with Gasteiger partial charge in [-0.25, -0.2) is 0 Å². The van der Waals surface area contributed by atoms with E-state index in [4.69, 9.17) is 4.74 Å². The molecule has 0 bridgehead atoms. The van der Waals surface area contributed by atoms with Crippen LogP contribution in [-0.2, 0) is 11.3 Å². The van der Waals surface area contributed by atoms with Crippen LogP contribution >= 0.6 is 11.3 Å². The zero-order valence-electron chi connectivity index (χ0n) is 9.45. The summed E-state index contributed by atoms with van der Waals surface area (Å²) in [6.07, 6.45) is 2.24. The summed E-state index contributed by atoms with van der Waals surface area (Å²) in [6, 6.07) is 4.90. The average Bonchev–Trinajstić information content (AvgIpc) is 2.65. The topological polar surface area (TPSA) is 21.3 Å². The second-order valence-electron chi connectivity index (χ2n) is 4.76.